The summed E-state index contributed by atoms with van der Waals surface area (Å²) >= 11 is 4.99. The van der Waals surface area contributed by atoms with Crippen molar-refractivity contribution in [3.63, 3.8) is 0 Å². The van der Waals surface area contributed by atoms with Crippen molar-refractivity contribution >= 4 is 33.2 Å². The van der Waals surface area contributed by atoms with Gasteiger partial charge in [-0.15, -0.1) is 11.3 Å². The highest BCUT2D eigenvalue weighted by Crippen LogP contribution is 2.28. The second-order valence-corrected chi connectivity index (χ2v) is 7.34. The second kappa shape index (κ2) is 6.17. The number of rotatable bonds is 3. The lowest BCUT2D eigenvalue weighted by Gasteiger charge is -2.27. The lowest BCUT2D eigenvalue weighted by atomic mass is 9.99. The molecule has 0 bridgehead atoms. The Balaban J connectivity index is 1.95. The summed E-state index contributed by atoms with van der Waals surface area (Å²) < 4.78 is 1.05. The van der Waals surface area contributed by atoms with E-state index in [9.17, 15) is 4.79 Å². The fraction of sp³-hybridized carbons (Fsp3) is 0.615. The van der Waals surface area contributed by atoms with Crippen molar-refractivity contribution in [2.75, 3.05) is 26.7 Å². The van der Waals surface area contributed by atoms with Gasteiger partial charge in [0.05, 0.1) is 8.66 Å². The average Bonchev–Trinajstić information content (AvgIpc) is 2.70. The molecular weight excluding hydrogens is 312 g/mol. The van der Waals surface area contributed by atoms with Crippen LogP contribution in [0.2, 0.25) is 0 Å². The molecule has 1 amide bonds. The van der Waals surface area contributed by atoms with Gasteiger partial charge in [0.15, 0.2) is 0 Å². The largest absolute Gasteiger partial charge is 0.341 e. The Hall–Kier alpha value is -0.390. The Morgan fingerprint density at radius 1 is 1.67 bits per heavy atom. The molecule has 0 aliphatic carbocycles. The molecule has 1 aliphatic heterocycles. The van der Waals surface area contributed by atoms with Crippen LogP contribution in [0.3, 0.4) is 0 Å². The maximum absolute atomic E-state index is 12.3. The van der Waals surface area contributed by atoms with Crippen molar-refractivity contribution in [1.29, 1.82) is 0 Å². The minimum atomic E-state index is 0.138. The van der Waals surface area contributed by atoms with Gasteiger partial charge in [-0.1, -0.05) is 0 Å². The van der Waals surface area contributed by atoms with E-state index >= 15 is 0 Å². The molecule has 1 aromatic heterocycles. The first-order valence-electron chi connectivity index (χ1n) is 6.30. The van der Waals surface area contributed by atoms with E-state index in [2.05, 4.69) is 21.2 Å². The van der Waals surface area contributed by atoms with Crippen LogP contribution < -0.4 is 5.32 Å². The summed E-state index contributed by atoms with van der Waals surface area (Å²) in [5, 5.41) is 3.39. The predicted molar refractivity (Wildman–Crippen MR) is 79.3 cm³/mol. The van der Waals surface area contributed by atoms with Gasteiger partial charge in [-0.3, -0.25) is 4.79 Å². The zero-order chi connectivity index (χ0) is 13.1. The summed E-state index contributed by atoms with van der Waals surface area (Å²) in [4.78, 5) is 15.0. The topological polar surface area (TPSA) is 32.3 Å². The van der Waals surface area contributed by atoms with Gasteiger partial charge in [0.25, 0.3) is 5.91 Å². The molecule has 0 saturated carbocycles. The average molecular weight is 331 g/mol. The van der Waals surface area contributed by atoms with Gasteiger partial charge < -0.3 is 10.2 Å². The summed E-state index contributed by atoms with van der Waals surface area (Å²) in [5.41, 5.74) is 1.14. The van der Waals surface area contributed by atoms with Crippen LogP contribution in [0.1, 0.15) is 28.1 Å². The van der Waals surface area contributed by atoms with Crippen molar-refractivity contribution in [3.8, 4) is 0 Å². The molecule has 0 aromatic carbocycles. The van der Waals surface area contributed by atoms with Crippen molar-refractivity contribution in [2.24, 2.45) is 5.92 Å². The number of thiophene rings is 1. The Kier molecular flexibility index (Phi) is 4.81. The van der Waals surface area contributed by atoms with Gasteiger partial charge in [0.1, 0.15) is 0 Å². The van der Waals surface area contributed by atoms with Gasteiger partial charge in [-0.2, -0.15) is 0 Å². The smallest absolute Gasteiger partial charge is 0.263 e. The van der Waals surface area contributed by atoms with E-state index in [1.54, 1.807) is 0 Å². The van der Waals surface area contributed by atoms with Crippen molar-refractivity contribution in [2.45, 2.75) is 19.8 Å². The van der Waals surface area contributed by atoms with Crippen LogP contribution in [0.4, 0.5) is 0 Å². The lowest BCUT2D eigenvalue weighted by Crippen LogP contribution is -2.38. The summed E-state index contributed by atoms with van der Waals surface area (Å²) in [7, 11) is 1.90. The first kappa shape index (κ1) is 14.0. The number of halogens is 1. The van der Waals surface area contributed by atoms with Crippen LogP contribution >= 0.6 is 27.3 Å². The van der Waals surface area contributed by atoms with Gasteiger partial charge in [-0.25, -0.2) is 0 Å². The summed E-state index contributed by atoms with van der Waals surface area (Å²) in [5.74, 6) is 0.733. The molecule has 3 nitrogen and oxygen atoms in total. The highest BCUT2D eigenvalue weighted by Gasteiger charge is 2.20. The van der Waals surface area contributed by atoms with E-state index in [1.807, 2.05) is 24.9 Å². The van der Waals surface area contributed by atoms with Gasteiger partial charge in [0.2, 0.25) is 0 Å². The minimum absolute atomic E-state index is 0.138. The monoisotopic (exact) mass is 330 g/mol. The molecule has 1 N–H and O–H groups in total. The number of nitrogens with one attached hydrogen (secondary N) is 1. The zero-order valence-corrected chi connectivity index (χ0v) is 13.2. The van der Waals surface area contributed by atoms with E-state index in [0.29, 0.717) is 5.92 Å². The number of amides is 1. The van der Waals surface area contributed by atoms with E-state index in [0.717, 1.165) is 33.9 Å². The molecule has 1 unspecified atom stereocenters. The second-order valence-electron chi connectivity index (χ2n) is 4.97. The molecule has 2 heterocycles. The third-order valence-corrected chi connectivity index (χ3v) is 5.47. The highest BCUT2D eigenvalue weighted by molar-refractivity contribution is 9.11. The van der Waals surface area contributed by atoms with Gasteiger partial charge in [0, 0.05) is 13.6 Å². The fourth-order valence-corrected chi connectivity index (χ4v) is 3.83. The molecule has 1 atom stereocenters. The summed E-state index contributed by atoms with van der Waals surface area (Å²) in [6, 6.07) is 1.96. The number of hydrogen-bond acceptors (Lipinski definition) is 3. The minimum Gasteiger partial charge on any atom is -0.341 e. The Bertz CT molecular complexity index is 407. The quantitative estimate of drug-likeness (QED) is 0.924. The maximum Gasteiger partial charge on any atom is 0.263 e. The standard InChI is InChI=1S/C13H19BrN2OS/c1-9-6-11(18-12(9)14)13(17)16(2)8-10-4-3-5-15-7-10/h6,10,15H,3-5,7-8H2,1-2H3. The number of nitrogens with zero attached hydrogens (tertiary/aromatic N) is 1. The van der Waals surface area contributed by atoms with E-state index in [1.165, 1.54) is 24.2 Å². The third kappa shape index (κ3) is 3.33. The Labute approximate surface area is 121 Å². The molecule has 1 aliphatic rings. The summed E-state index contributed by atoms with van der Waals surface area (Å²) in [6.07, 6.45) is 2.44. The molecule has 5 heteroatoms. The molecule has 1 saturated heterocycles. The molecule has 100 valence electrons. The molecule has 0 spiro atoms. The van der Waals surface area contributed by atoms with Gasteiger partial charge in [-0.05, 0) is 66.3 Å². The maximum atomic E-state index is 12.3. The third-order valence-electron chi connectivity index (χ3n) is 3.35. The molecule has 2 rings (SSSR count). The van der Waals surface area contributed by atoms with Crippen molar-refractivity contribution < 1.29 is 4.79 Å². The van der Waals surface area contributed by atoms with Crippen molar-refractivity contribution in [1.82, 2.24) is 10.2 Å². The normalized spacial score (nSPS) is 19.8. The molecule has 0 radical (unpaired) electrons. The van der Waals surface area contributed by atoms with E-state index in [4.69, 9.17) is 0 Å². The van der Waals surface area contributed by atoms with Crippen LogP contribution in [0.5, 0.6) is 0 Å². The lowest BCUT2D eigenvalue weighted by molar-refractivity contribution is 0.0769. The number of aryl methyl sites for hydroxylation is 1. The highest BCUT2D eigenvalue weighted by atomic mass is 79.9. The predicted octanol–water partition coefficient (Wildman–Crippen LogP) is 2.89. The van der Waals surface area contributed by atoms with Crippen molar-refractivity contribution in [3.05, 3.63) is 20.3 Å². The number of hydrogen-bond donors (Lipinski definition) is 1. The number of carbonyl (C=O) groups is 1. The van der Waals surface area contributed by atoms with Crippen LogP contribution in [0.25, 0.3) is 0 Å². The molecule has 18 heavy (non-hydrogen) atoms. The van der Waals surface area contributed by atoms with E-state index < -0.39 is 0 Å². The fourth-order valence-electron chi connectivity index (χ4n) is 2.30. The zero-order valence-electron chi connectivity index (χ0n) is 10.8. The first-order valence-corrected chi connectivity index (χ1v) is 7.91. The molecule has 1 aromatic rings. The van der Waals surface area contributed by atoms with Crippen LogP contribution in [0, 0.1) is 12.8 Å². The number of carbonyl (C=O) groups excluding carboxylic acids is 1. The SMILES string of the molecule is Cc1cc(C(=O)N(C)CC2CCCNC2)sc1Br. The van der Waals surface area contributed by atoms with Crippen LogP contribution in [0.15, 0.2) is 9.85 Å². The molecular formula is C13H19BrN2OS. The Morgan fingerprint density at radius 3 is 3.00 bits per heavy atom. The molecule has 1 fully saturated rings. The summed E-state index contributed by atoms with van der Waals surface area (Å²) in [6.45, 7) is 5.01. The first-order chi connectivity index (χ1) is 8.58. The number of piperidine rings is 1. The van der Waals surface area contributed by atoms with E-state index in [-0.39, 0.29) is 5.91 Å². The van der Waals surface area contributed by atoms with Gasteiger partial charge >= 0.3 is 0 Å². The Morgan fingerprint density at radius 2 is 2.44 bits per heavy atom. The van der Waals surface area contributed by atoms with Crippen LogP contribution in [-0.2, 0) is 0 Å². The van der Waals surface area contributed by atoms with Crippen LogP contribution in [-0.4, -0.2) is 37.5 Å².